The summed E-state index contributed by atoms with van der Waals surface area (Å²) >= 11 is 0. The highest BCUT2D eigenvalue weighted by Gasteiger charge is 2.13. The molecule has 0 fully saturated rings. The second kappa shape index (κ2) is 5.13. The van der Waals surface area contributed by atoms with E-state index in [1.165, 1.54) is 0 Å². The molecule has 20 heavy (non-hydrogen) atoms. The van der Waals surface area contributed by atoms with Crippen LogP contribution >= 0.6 is 0 Å². The van der Waals surface area contributed by atoms with Crippen LogP contribution in [0.4, 0.5) is 5.82 Å². The van der Waals surface area contributed by atoms with Gasteiger partial charge in [0, 0.05) is 18.0 Å². The lowest BCUT2D eigenvalue weighted by atomic mass is 10.1. The van der Waals surface area contributed by atoms with Gasteiger partial charge >= 0.3 is 0 Å². The molecule has 5 nitrogen and oxygen atoms in total. The molecule has 0 bridgehead atoms. The number of anilines is 1. The van der Waals surface area contributed by atoms with Crippen LogP contribution in [0.25, 0.3) is 11.3 Å². The first kappa shape index (κ1) is 12.3. The van der Waals surface area contributed by atoms with E-state index >= 15 is 0 Å². The maximum atomic E-state index is 5.63. The SMILES string of the molecule is CC(c1ccccn1)n1cncc1-c1ccc(N)nc1. The molecule has 3 heterocycles. The molecule has 3 aromatic heterocycles. The van der Waals surface area contributed by atoms with Crippen LogP contribution in [-0.4, -0.2) is 19.5 Å². The monoisotopic (exact) mass is 265 g/mol. The standard InChI is InChI=1S/C15H15N5/c1-11(13-4-2-3-7-18-13)20-10-17-9-14(20)12-5-6-15(16)19-8-12/h2-11H,1H3,(H2,16,19). The fourth-order valence-electron chi connectivity index (χ4n) is 2.16. The number of nitrogens with zero attached hydrogens (tertiary/aromatic N) is 4. The Morgan fingerprint density at radius 1 is 1.10 bits per heavy atom. The maximum Gasteiger partial charge on any atom is 0.123 e. The third-order valence-corrected chi connectivity index (χ3v) is 3.28. The predicted octanol–water partition coefficient (Wildman–Crippen LogP) is 2.53. The second-order valence-electron chi connectivity index (χ2n) is 4.59. The summed E-state index contributed by atoms with van der Waals surface area (Å²) in [6.07, 6.45) is 7.19. The Morgan fingerprint density at radius 2 is 2.00 bits per heavy atom. The summed E-state index contributed by atoms with van der Waals surface area (Å²) in [5, 5.41) is 0. The van der Waals surface area contributed by atoms with Crippen molar-refractivity contribution in [3.8, 4) is 11.3 Å². The molecule has 3 aromatic rings. The van der Waals surface area contributed by atoms with E-state index in [4.69, 9.17) is 5.73 Å². The van der Waals surface area contributed by atoms with Gasteiger partial charge in [-0.2, -0.15) is 0 Å². The zero-order valence-corrected chi connectivity index (χ0v) is 11.1. The van der Waals surface area contributed by atoms with Crippen molar-refractivity contribution in [2.75, 3.05) is 5.73 Å². The van der Waals surface area contributed by atoms with Crippen molar-refractivity contribution in [3.63, 3.8) is 0 Å². The van der Waals surface area contributed by atoms with Crippen LogP contribution in [0.5, 0.6) is 0 Å². The lowest BCUT2D eigenvalue weighted by Gasteiger charge is -2.16. The smallest absolute Gasteiger partial charge is 0.123 e. The number of hydrogen-bond acceptors (Lipinski definition) is 4. The quantitative estimate of drug-likeness (QED) is 0.790. The predicted molar refractivity (Wildman–Crippen MR) is 77.9 cm³/mol. The molecule has 3 rings (SSSR count). The number of nitrogen functional groups attached to an aromatic ring is 1. The minimum Gasteiger partial charge on any atom is -0.384 e. The van der Waals surface area contributed by atoms with Crippen LogP contribution in [0, 0.1) is 0 Å². The summed E-state index contributed by atoms with van der Waals surface area (Å²) in [5.41, 5.74) is 8.60. The highest BCUT2D eigenvalue weighted by Crippen LogP contribution is 2.25. The molecule has 1 atom stereocenters. The summed E-state index contributed by atoms with van der Waals surface area (Å²) in [5.74, 6) is 0.512. The molecule has 0 aliphatic carbocycles. The molecule has 0 aliphatic rings. The van der Waals surface area contributed by atoms with E-state index in [-0.39, 0.29) is 6.04 Å². The van der Waals surface area contributed by atoms with E-state index in [9.17, 15) is 0 Å². The molecule has 0 saturated carbocycles. The topological polar surface area (TPSA) is 69.6 Å². The van der Waals surface area contributed by atoms with E-state index < -0.39 is 0 Å². The third-order valence-electron chi connectivity index (χ3n) is 3.28. The van der Waals surface area contributed by atoms with Crippen LogP contribution in [0.3, 0.4) is 0 Å². The van der Waals surface area contributed by atoms with E-state index in [0.717, 1.165) is 17.0 Å². The molecule has 0 amide bonds. The summed E-state index contributed by atoms with van der Waals surface area (Å²) in [4.78, 5) is 12.8. The summed E-state index contributed by atoms with van der Waals surface area (Å²) in [7, 11) is 0. The Kier molecular flexibility index (Phi) is 3.16. The maximum absolute atomic E-state index is 5.63. The van der Waals surface area contributed by atoms with E-state index in [2.05, 4.69) is 26.4 Å². The van der Waals surface area contributed by atoms with Gasteiger partial charge in [0.05, 0.1) is 30.0 Å². The lowest BCUT2D eigenvalue weighted by molar-refractivity contribution is 0.626. The van der Waals surface area contributed by atoms with Crippen molar-refractivity contribution in [1.29, 1.82) is 0 Å². The summed E-state index contributed by atoms with van der Waals surface area (Å²) < 4.78 is 2.08. The number of pyridine rings is 2. The fraction of sp³-hybridized carbons (Fsp3) is 0.133. The van der Waals surface area contributed by atoms with Crippen molar-refractivity contribution < 1.29 is 0 Å². The molecule has 0 saturated heterocycles. The molecular weight excluding hydrogens is 250 g/mol. The minimum absolute atomic E-state index is 0.103. The third kappa shape index (κ3) is 2.25. The zero-order chi connectivity index (χ0) is 13.9. The van der Waals surface area contributed by atoms with Gasteiger partial charge in [-0.15, -0.1) is 0 Å². The lowest BCUT2D eigenvalue weighted by Crippen LogP contribution is -2.08. The summed E-state index contributed by atoms with van der Waals surface area (Å²) in [6, 6.07) is 9.75. The zero-order valence-electron chi connectivity index (χ0n) is 11.1. The number of aromatic nitrogens is 4. The van der Waals surface area contributed by atoms with Crippen LogP contribution in [0.2, 0.25) is 0 Å². The molecule has 0 aliphatic heterocycles. The fourth-order valence-corrected chi connectivity index (χ4v) is 2.16. The van der Waals surface area contributed by atoms with Crippen LogP contribution in [-0.2, 0) is 0 Å². The van der Waals surface area contributed by atoms with Gasteiger partial charge in [-0.25, -0.2) is 9.97 Å². The second-order valence-corrected chi connectivity index (χ2v) is 4.59. The molecule has 1 unspecified atom stereocenters. The van der Waals surface area contributed by atoms with Gasteiger partial charge in [0.15, 0.2) is 0 Å². The number of hydrogen-bond donors (Lipinski definition) is 1. The average molecular weight is 265 g/mol. The normalized spacial score (nSPS) is 12.2. The van der Waals surface area contributed by atoms with E-state index in [1.807, 2.05) is 36.8 Å². The first-order valence-corrected chi connectivity index (χ1v) is 6.40. The van der Waals surface area contributed by atoms with Crippen molar-refractivity contribution in [2.45, 2.75) is 13.0 Å². The van der Waals surface area contributed by atoms with Gasteiger partial charge < -0.3 is 10.3 Å². The Balaban J connectivity index is 2.00. The number of imidazole rings is 1. The van der Waals surface area contributed by atoms with Gasteiger partial charge in [-0.1, -0.05) is 6.07 Å². The molecule has 0 spiro atoms. The van der Waals surface area contributed by atoms with Crippen molar-refractivity contribution in [2.24, 2.45) is 0 Å². The Labute approximate surface area is 117 Å². The van der Waals surface area contributed by atoms with Crippen molar-refractivity contribution in [1.82, 2.24) is 19.5 Å². The van der Waals surface area contributed by atoms with Gasteiger partial charge in [-0.3, -0.25) is 4.98 Å². The molecule has 5 heteroatoms. The van der Waals surface area contributed by atoms with Crippen LogP contribution in [0.15, 0.2) is 55.2 Å². The van der Waals surface area contributed by atoms with Crippen molar-refractivity contribution >= 4 is 5.82 Å². The number of rotatable bonds is 3. The minimum atomic E-state index is 0.103. The first-order valence-electron chi connectivity index (χ1n) is 6.40. The summed E-state index contributed by atoms with van der Waals surface area (Å²) in [6.45, 7) is 2.10. The highest BCUT2D eigenvalue weighted by atomic mass is 15.1. The van der Waals surface area contributed by atoms with E-state index in [0.29, 0.717) is 5.82 Å². The molecule has 0 radical (unpaired) electrons. The van der Waals surface area contributed by atoms with Gasteiger partial charge in [0.25, 0.3) is 0 Å². The van der Waals surface area contributed by atoms with E-state index in [1.54, 1.807) is 18.5 Å². The molecule has 100 valence electrons. The molecule has 2 N–H and O–H groups in total. The van der Waals surface area contributed by atoms with Gasteiger partial charge in [-0.05, 0) is 31.2 Å². The van der Waals surface area contributed by atoms with Crippen molar-refractivity contribution in [3.05, 3.63) is 60.9 Å². The Morgan fingerprint density at radius 3 is 2.70 bits per heavy atom. The first-order chi connectivity index (χ1) is 9.75. The van der Waals surface area contributed by atoms with Crippen LogP contribution in [0.1, 0.15) is 18.7 Å². The molecular formula is C15H15N5. The number of nitrogens with two attached hydrogens (primary N) is 1. The van der Waals surface area contributed by atoms with Gasteiger partial charge in [0.1, 0.15) is 5.82 Å². The Hall–Kier alpha value is -2.69. The highest BCUT2D eigenvalue weighted by molar-refractivity contribution is 5.59. The molecule has 0 aromatic carbocycles. The Bertz CT molecular complexity index is 688. The van der Waals surface area contributed by atoms with Gasteiger partial charge in [0.2, 0.25) is 0 Å². The van der Waals surface area contributed by atoms with Crippen LogP contribution < -0.4 is 5.73 Å². The average Bonchev–Trinajstić information content (AvgIpc) is 2.97. The largest absolute Gasteiger partial charge is 0.384 e.